The van der Waals surface area contributed by atoms with Crippen molar-refractivity contribution >= 4 is 33.4 Å². The van der Waals surface area contributed by atoms with Crippen LogP contribution in [0.1, 0.15) is 44.1 Å². The van der Waals surface area contributed by atoms with Crippen LogP contribution in [0.25, 0.3) is 10.2 Å². The van der Waals surface area contributed by atoms with Crippen molar-refractivity contribution < 1.29 is 9.59 Å². The Morgan fingerprint density at radius 2 is 2.22 bits per heavy atom. The Hall–Kier alpha value is -2.22. The zero-order chi connectivity index (χ0) is 19.6. The number of hydrogen-bond acceptors (Lipinski definition) is 5. The van der Waals surface area contributed by atoms with E-state index in [0.29, 0.717) is 17.8 Å². The number of nitrogens with one attached hydrogen (secondary N) is 2. The zero-order valence-corrected chi connectivity index (χ0v) is 16.8. The SMILES string of the molecule is CCCNC(=O)[C@H](C)NC(=O)Cn1cnc2sc3c(c2c1=O)CC[C@H](C)C3. The largest absolute Gasteiger partial charge is 0.354 e. The molecular weight excluding hydrogens is 364 g/mol. The molecule has 0 aromatic carbocycles. The smallest absolute Gasteiger partial charge is 0.262 e. The van der Waals surface area contributed by atoms with Gasteiger partial charge in [-0.05, 0) is 44.1 Å². The van der Waals surface area contributed by atoms with Crippen molar-refractivity contribution in [3.63, 3.8) is 0 Å². The molecule has 0 saturated carbocycles. The highest BCUT2D eigenvalue weighted by Gasteiger charge is 2.23. The molecule has 2 N–H and O–H groups in total. The van der Waals surface area contributed by atoms with Gasteiger partial charge in [-0.1, -0.05) is 13.8 Å². The Morgan fingerprint density at radius 3 is 2.96 bits per heavy atom. The molecule has 2 heterocycles. The third kappa shape index (κ3) is 4.21. The second-order valence-corrected chi connectivity index (χ2v) is 8.37. The molecule has 2 aromatic heterocycles. The van der Waals surface area contributed by atoms with Gasteiger partial charge in [0.05, 0.1) is 11.7 Å². The number of hydrogen-bond donors (Lipinski definition) is 2. The maximum atomic E-state index is 12.9. The van der Waals surface area contributed by atoms with Gasteiger partial charge in [0.1, 0.15) is 17.4 Å². The topological polar surface area (TPSA) is 93.1 Å². The first-order valence-electron chi connectivity index (χ1n) is 9.47. The molecule has 1 aliphatic rings. The molecule has 146 valence electrons. The summed E-state index contributed by atoms with van der Waals surface area (Å²) in [6.45, 7) is 6.24. The number of thiophene rings is 1. The van der Waals surface area contributed by atoms with E-state index in [1.54, 1.807) is 18.3 Å². The first kappa shape index (κ1) is 19.5. The predicted octanol–water partition coefficient (Wildman–Crippen LogP) is 1.61. The second kappa shape index (κ2) is 8.21. The van der Waals surface area contributed by atoms with Crippen LogP contribution in [0.15, 0.2) is 11.1 Å². The van der Waals surface area contributed by atoms with Crippen molar-refractivity contribution in [2.75, 3.05) is 6.54 Å². The summed E-state index contributed by atoms with van der Waals surface area (Å²) in [5, 5.41) is 6.03. The Labute approximate surface area is 162 Å². The van der Waals surface area contributed by atoms with Crippen LogP contribution in [0.2, 0.25) is 0 Å². The number of aryl methyl sites for hydroxylation is 1. The number of rotatable bonds is 6. The van der Waals surface area contributed by atoms with Gasteiger partial charge >= 0.3 is 0 Å². The number of amides is 2. The van der Waals surface area contributed by atoms with Gasteiger partial charge in [-0.25, -0.2) is 4.98 Å². The van der Waals surface area contributed by atoms with Crippen LogP contribution in [0.5, 0.6) is 0 Å². The normalized spacial score (nSPS) is 17.4. The maximum absolute atomic E-state index is 12.9. The molecule has 8 heteroatoms. The number of fused-ring (bicyclic) bond motifs is 3. The lowest BCUT2D eigenvalue weighted by atomic mass is 9.89. The number of aromatic nitrogens is 2. The highest BCUT2D eigenvalue weighted by molar-refractivity contribution is 7.18. The minimum absolute atomic E-state index is 0.145. The van der Waals surface area contributed by atoms with Gasteiger partial charge in [-0.3, -0.25) is 19.0 Å². The average molecular weight is 391 g/mol. The second-order valence-electron chi connectivity index (χ2n) is 7.29. The minimum Gasteiger partial charge on any atom is -0.354 e. The lowest BCUT2D eigenvalue weighted by Gasteiger charge is -2.17. The Morgan fingerprint density at radius 1 is 1.44 bits per heavy atom. The van der Waals surface area contributed by atoms with Crippen LogP contribution in [-0.4, -0.2) is 34.0 Å². The molecule has 2 atom stereocenters. The molecule has 0 fully saturated rings. The van der Waals surface area contributed by atoms with Crippen molar-refractivity contribution in [3.05, 3.63) is 27.1 Å². The van der Waals surface area contributed by atoms with Crippen LogP contribution >= 0.6 is 11.3 Å². The minimum atomic E-state index is -0.646. The molecule has 0 radical (unpaired) electrons. The van der Waals surface area contributed by atoms with Crippen LogP contribution in [-0.2, 0) is 29.0 Å². The summed E-state index contributed by atoms with van der Waals surface area (Å²) < 4.78 is 1.33. The van der Waals surface area contributed by atoms with E-state index in [2.05, 4.69) is 22.5 Å². The third-order valence-electron chi connectivity index (χ3n) is 4.92. The van der Waals surface area contributed by atoms with Crippen molar-refractivity contribution in [3.8, 4) is 0 Å². The summed E-state index contributed by atoms with van der Waals surface area (Å²) >= 11 is 1.59. The highest BCUT2D eigenvalue weighted by atomic mass is 32.1. The summed E-state index contributed by atoms with van der Waals surface area (Å²) in [5.41, 5.74) is 0.929. The van der Waals surface area contributed by atoms with Gasteiger partial charge in [0.25, 0.3) is 5.56 Å². The Kier molecular flexibility index (Phi) is 5.94. The number of nitrogens with zero attached hydrogens (tertiary/aromatic N) is 2. The third-order valence-corrected chi connectivity index (χ3v) is 6.08. The fraction of sp³-hybridized carbons (Fsp3) is 0.579. The van der Waals surface area contributed by atoms with Gasteiger partial charge in [0, 0.05) is 11.4 Å². The number of carbonyl (C=O) groups excluding carboxylic acids is 2. The Bertz CT molecular complexity index is 918. The molecule has 3 rings (SSSR count). The molecule has 0 saturated heterocycles. The monoisotopic (exact) mass is 390 g/mol. The Balaban J connectivity index is 1.76. The van der Waals surface area contributed by atoms with Gasteiger partial charge in [0.15, 0.2) is 0 Å². The van der Waals surface area contributed by atoms with Gasteiger partial charge < -0.3 is 10.6 Å². The summed E-state index contributed by atoms with van der Waals surface area (Å²) in [5.74, 6) is 0.0150. The molecule has 7 nitrogen and oxygen atoms in total. The summed E-state index contributed by atoms with van der Waals surface area (Å²) in [7, 11) is 0. The van der Waals surface area contributed by atoms with E-state index in [0.717, 1.165) is 36.1 Å². The first-order chi connectivity index (χ1) is 12.9. The van der Waals surface area contributed by atoms with E-state index in [9.17, 15) is 14.4 Å². The van der Waals surface area contributed by atoms with E-state index in [1.165, 1.54) is 15.8 Å². The van der Waals surface area contributed by atoms with Crippen molar-refractivity contribution in [1.82, 2.24) is 20.2 Å². The fourth-order valence-electron chi connectivity index (χ4n) is 3.39. The van der Waals surface area contributed by atoms with Crippen LogP contribution < -0.4 is 16.2 Å². The first-order valence-corrected chi connectivity index (χ1v) is 10.3. The molecule has 0 unspecified atom stereocenters. The van der Waals surface area contributed by atoms with E-state index in [-0.39, 0.29) is 23.9 Å². The molecule has 2 amide bonds. The molecule has 0 spiro atoms. The zero-order valence-electron chi connectivity index (χ0n) is 16.0. The van der Waals surface area contributed by atoms with Gasteiger partial charge in [0.2, 0.25) is 11.8 Å². The van der Waals surface area contributed by atoms with Crippen molar-refractivity contribution in [2.45, 2.75) is 59.0 Å². The van der Waals surface area contributed by atoms with Crippen LogP contribution in [0.4, 0.5) is 0 Å². The quantitative estimate of drug-likeness (QED) is 0.784. The van der Waals surface area contributed by atoms with Gasteiger partial charge in [-0.15, -0.1) is 11.3 Å². The summed E-state index contributed by atoms with van der Waals surface area (Å²) in [6.07, 6.45) is 5.20. The van der Waals surface area contributed by atoms with Crippen molar-refractivity contribution in [1.29, 1.82) is 0 Å². The molecule has 0 bridgehead atoms. The number of carbonyl (C=O) groups is 2. The fourth-order valence-corrected chi connectivity index (χ4v) is 4.73. The standard InChI is InChI=1S/C19H26N4O3S/c1-4-7-20-17(25)12(3)22-15(24)9-23-10-21-18-16(19(23)26)13-6-5-11(2)8-14(13)27-18/h10-12H,4-9H2,1-3H3,(H,20,25)(H,22,24)/t11-,12-/m0/s1. The molecule has 1 aliphatic carbocycles. The van der Waals surface area contributed by atoms with E-state index < -0.39 is 6.04 Å². The average Bonchev–Trinajstić information content (AvgIpc) is 2.99. The van der Waals surface area contributed by atoms with Crippen LogP contribution in [0, 0.1) is 5.92 Å². The highest BCUT2D eigenvalue weighted by Crippen LogP contribution is 2.35. The molecular formula is C19H26N4O3S. The van der Waals surface area contributed by atoms with E-state index >= 15 is 0 Å². The summed E-state index contributed by atoms with van der Waals surface area (Å²) in [6, 6.07) is -0.646. The maximum Gasteiger partial charge on any atom is 0.262 e. The lowest BCUT2D eigenvalue weighted by Crippen LogP contribution is -2.46. The predicted molar refractivity (Wildman–Crippen MR) is 106 cm³/mol. The van der Waals surface area contributed by atoms with Crippen LogP contribution in [0.3, 0.4) is 0 Å². The molecule has 27 heavy (non-hydrogen) atoms. The molecule has 0 aliphatic heterocycles. The lowest BCUT2D eigenvalue weighted by molar-refractivity contribution is -0.128. The van der Waals surface area contributed by atoms with E-state index in [1.807, 2.05) is 6.92 Å². The van der Waals surface area contributed by atoms with E-state index in [4.69, 9.17) is 0 Å². The van der Waals surface area contributed by atoms with Crippen molar-refractivity contribution in [2.24, 2.45) is 5.92 Å². The molecule has 2 aromatic rings. The summed E-state index contributed by atoms with van der Waals surface area (Å²) in [4.78, 5) is 43.5. The van der Waals surface area contributed by atoms with Gasteiger partial charge in [-0.2, -0.15) is 0 Å².